The van der Waals surface area contributed by atoms with Gasteiger partial charge in [0.1, 0.15) is 17.7 Å². The van der Waals surface area contributed by atoms with Gasteiger partial charge in [0, 0.05) is 13.1 Å². The summed E-state index contributed by atoms with van der Waals surface area (Å²) in [4.78, 5) is 20.9. The number of carboxylic acids is 1. The number of carbonyl (C=O) groups is 1. The van der Waals surface area contributed by atoms with E-state index >= 15 is 0 Å². The average Bonchev–Trinajstić information content (AvgIpc) is 2.74. The van der Waals surface area contributed by atoms with Crippen molar-refractivity contribution in [3.05, 3.63) is 40.0 Å². The SMILES string of the molecule is Cn1cnnc1Sc1cc(F)c(C(=O)O)cc1[N+](=O)[O-]. The van der Waals surface area contributed by atoms with E-state index in [-0.39, 0.29) is 4.90 Å². The van der Waals surface area contributed by atoms with Crippen molar-refractivity contribution in [2.75, 3.05) is 0 Å². The molecule has 2 aromatic rings. The van der Waals surface area contributed by atoms with Crippen LogP contribution in [-0.4, -0.2) is 30.8 Å². The van der Waals surface area contributed by atoms with Crippen LogP contribution in [0.15, 0.2) is 28.5 Å². The molecule has 8 nitrogen and oxygen atoms in total. The third-order valence-corrected chi connectivity index (χ3v) is 3.45. The molecule has 10 heteroatoms. The fourth-order valence-corrected chi connectivity index (χ4v) is 2.27. The third kappa shape index (κ3) is 2.59. The largest absolute Gasteiger partial charge is 0.478 e. The van der Waals surface area contributed by atoms with Crippen molar-refractivity contribution in [1.82, 2.24) is 14.8 Å². The van der Waals surface area contributed by atoms with Crippen LogP contribution >= 0.6 is 11.8 Å². The third-order valence-electron chi connectivity index (χ3n) is 2.35. The van der Waals surface area contributed by atoms with E-state index in [2.05, 4.69) is 10.2 Å². The van der Waals surface area contributed by atoms with Crippen LogP contribution in [-0.2, 0) is 7.05 Å². The Balaban J connectivity index is 2.52. The Morgan fingerprint density at radius 3 is 2.75 bits per heavy atom. The standard InChI is InChI=1S/C10H7FN4O4S/c1-14-4-12-13-10(14)20-8-3-6(11)5(9(16)17)2-7(8)15(18)19/h2-4H,1H3,(H,16,17). The van der Waals surface area contributed by atoms with Gasteiger partial charge in [-0.05, 0) is 17.8 Å². The van der Waals surface area contributed by atoms with Gasteiger partial charge in [-0.15, -0.1) is 10.2 Å². The Morgan fingerprint density at radius 1 is 1.55 bits per heavy atom. The summed E-state index contributed by atoms with van der Waals surface area (Å²) in [5.74, 6) is -2.62. The lowest BCUT2D eigenvalue weighted by Gasteiger charge is -2.04. The summed E-state index contributed by atoms with van der Waals surface area (Å²) in [6.07, 6.45) is 1.39. The van der Waals surface area contributed by atoms with Gasteiger partial charge in [-0.2, -0.15) is 0 Å². The molecule has 104 valence electrons. The molecule has 0 spiro atoms. The summed E-state index contributed by atoms with van der Waals surface area (Å²) in [5.41, 5.74) is -1.25. The van der Waals surface area contributed by atoms with Crippen molar-refractivity contribution < 1.29 is 19.2 Å². The van der Waals surface area contributed by atoms with Crippen LogP contribution in [0.5, 0.6) is 0 Å². The zero-order valence-corrected chi connectivity index (χ0v) is 10.8. The van der Waals surface area contributed by atoms with Gasteiger partial charge in [0.25, 0.3) is 5.69 Å². The number of aryl methyl sites for hydroxylation is 1. The minimum Gasteiger partial charge on any atom is -0.478 e. The maximum atomic E-state index is 13.6. The molecule has 0 amide bonds. The van der Waals surface area contributed by atoms with Crippen LogP contribution in [0.4, 0.5) is 10.1 Å². The van der Waals surface area contributed by atoms with Crippen LogP contribution in [0.1, 0.15) is 10.4 Å². The van der Waals surface area contributed by atoms with E-state index in [9.17, 15) is 19.3 Å². The molecule has 0 bridgehead atoms. The Hall–Kier alpha value is -2.49. The molecule has 1 heterocycles. The minimum absolute atomic E-state index is 0.0476. The van der Waals surface area contributed by atoms with Gasteiger partial charge in [-0.25, -0.2) is 9.18 Å². The molecule has 1 aromatic carbocycles. The molecule has 0 unspecified atom stereocenters. The van der Waals surface area contributed by atoms with Gasteiger partial charge in [0.05, 0.1) is 9.82 Å². The van der Waals surface area contributed by atoms with E-state index in [4.69, 9.17) is 5.11 Å². The van der Waals surface area contributed by atoms with Crippen molar-refractivity contribution in [3.8, 4) is 0 Å². The lowest BCUT2D eigenvalue weighted by Crippen LogP contribution is -2.03. The molecule has 0 aliphatic carbocycles. The van der Waals surface area contributed by atoms with Gasteiger partial charge in [0.2, 0.25) is 0 Å². The van der Waals surface area contributed by atoms with E-state index in [1.165, 1.54) is 10.9 Å². The van der Waals surface area contributed by atoms with Crippen LogP contribution in [0, 0.1) is 15.9 Å². The number of hydrogen-bond acceptors (Lipinski definition) is 6. The number of aromatic nitrogens is 3. The molecule has 0 saturated heterocycles. The highest BCUT2D eigenvalue weighted by Gasteiger charge is 2.23. The van der Waals surface area contributed by atoms with Gasteiger partial charge >= 0.3 is 5.97 Å². The molecule has 2 rings (SSSR count). The number of rotatable bonds is 4. The average molecular weight is 298 g/mol. The lowest BCUT2D eigenvalue weighted by atomic mass is 10.2. The van der Waals surface area contributed by atoms with Crippen molar-refractivity contribution in [2.24, 2.45) is 7.05 Å². The highest BCUT2D eigenvalue weighted by Crippen LogP contribution is 2.35. The number of nitro benzene ring substituents is 1. The number of aromatic carboxylic acids is 1. The van der Waals surface area contributed by atoms with Crippen molar-refractivity contribution in [2.45, 2.75) is 10.1 Å². The van der Waals surface area contributed by atoms with Crippen molar-refractivity contribution in [1.29, 1.82) is 0 Å². The molecule has 1 aromatic heterocycles. The van der Waals surface area contributed by atoms with Crippen LogP contribution in [0.3, 0.4) is 0 Å². The second-order valence-corrected chi connectivity index (χ2v) is 4.70. The summed E-state index contributed by atoms with van der Waals surface area (Å²) in [7, 11) is 1.62. The van der Waals surface area contributed by atoms with E-state index < -0.39 is 28.0 Å². The second kappa shape index (κ2) is 5.25. The highest BCUT2D eigenvalue weighted by atomic mass is 32.2. The monoisotopic (exact) mass is 298 g/mol. The second-order valence-electron chi connectivity index (χ2n) is 3.69. The summed E-state index contributed by atoms with van der Waals surface area (Å²) in [6, 6.07) is 1.50. The number of benzene rings is 1. The first-order chi connectivity index (χ1) is 9.40. The molecule has 20 heavy (non-hydrogen) atoms. The fraction of sp³-hybridized carbons (Fsp3) is 0.100. The summed E-state index contributed by atoms with van der Waals surface area (Å²) in [6.45, 7) is 0. The number of hydrogen-bond donors (Lipinski definition) is 1. The minimum atomic E-state index is -1.57. The van der Waals surface area contributed by atoms with Crippen LogP contribution in [0.25, 0.3) is 0 Å². The summed E-state index contributed by atoms with van der Waals surface area (Å²) >= 11 is 0.825. The Kier molecular flexibility index (Phi) is 3.66. The quantitative estimate of drug-likeness (QED) is 0.675. The molecule has 0 aliphatic rings. The summed E-state index contributed by atoms with van der Waals surface area (Å²) < 4.78 is 15.1. The molecular formula is C10H7FN4O4S. The summed E-state index contributed by atoms with van der Waals surface area (Å²) in [5, 5.41) is 27.3. The topological polar surface area (TPSA) is 111 Å². The zero-order chi connectivity index (χ0) is 14.9. The maximum Gasteiger partial charge on any atom is 0.338 e. The molecule has 0 saturated carbocycles. The van der Waals surface area contributed by atoms with E-state index in [0.717, 1.165) is 17.8 Å². The van der Waals surface area contributed by atoms with E-state index in [0.29, 0.717) is 11.2 Å². The van der Waals surface area contributed by atoms with Gasteiger partial charge in [0.15, 0.2) is 5.16 Å². The molecule has 0 fully saturated rings. The Morgan fingerprint density at radius 2 is 2.25 bits per heavy atom. The Labute approximate surface area is 115 Å². The van der Waals surface area contributed by atoms with Gasteiger partial charge < -0.3 is 9.67 Å². The first-order valence-electron chi connectivity index (χ1n) is 5.13. The fourth-order valence-electron chi connectivity index (χ4n) is 1.40. The van der Waals surface area contributed by atoms with Gasteiger partial charge in [-0.3, -0.25) is 10.1 Å². The van der Waals surface area contributed by atoms with Crippen molar-refractivity contribution >= 4 is 23.4 Å². The van der Waals surface area contributed by atoms with E-state index in [1.54, 1.807) is 7.05 Å². The van der Waals surface area contributed by atoms with Crippen LogP contribution < -0.4 is 0 Å². The first-order valence-corrected chi connectivity index (χ1v) is 5.95. The first kappa shape index (κ1) is 13.9. The number of nitro groups is 1. The molecule has 1 N–H and O–H groups in total. The normalized spacial score (nSPS) is 10.5. The van der Waals surface area contributed by atoms with E-state index in [1.807, 2.05) is 0 Å². The number of nitrogens with zero attached hydrogens (tertiary/aromatic N) is 4. The predicted molar refractivity (Wildman–Crippen MR) is 65.1 cm³/mol. The zero-order valence-electron chi connectivity index (χ0n) is 9.98. The smallest absolute Gasteiger partial charge is 0.338 e. The highest BCUT2D eigenvalue weighted by molar-refractivity contribution is 7.99. The van der Waals surface area contributed by atoms with Crippen molar-refractivity contribution in [3.63, 3.8) is 0 Å². The number of carboxylic acid groups (broad SMARTS) is 1. The molecule has 0 atom stereocenters. The molecule has 0 radical (unpaired) electrons. The molecule has 0 aliphatic heterocycles. The van der Waals surface area contributed by atoms with Crippen LogP contribution in [0.2, 0.25) is 0 Å². The number of halogens is 1. The predicted octanol–water partition coefficient (Wildman–Crippen LogP) is 1.71. The maximum absolute atomic E-state index is 13.6. The van der Waals surface area contributed by atoms with Gasteiger partial charge in [-0.1, -0.05) is 0 Å². The Bertz CT molecular complexity index is 703. The lowest BCUT2D eigenvalue weighted by molar-refractivity contribution is -0.387. The molecular weight excluding hydrogens is 291 g/mol.